The lowest BCUT2D eigenvalue weighted by Gasteiger charge is -2.11. The first kappa shape index (κ1) is 18.7. The van der Waals surface area contributed by atoms with Gasteiger partial charge in [0.1, 0.15) is 17.1 Å². The Balaban J connectivity index is 1.53. The van der Waals surface area contributed by atoms with E-state index in [2.05, 4.69) is 10.9 Å². The average Bonchev–Trinajstić information content (AvgIpc) is 3.26. The first-order valence-electron chi connectivity index (χ1n) is 8.25. The number of benzene rings is 2. The molecule has 3 rings (SSSR count). The minimum absolute atomic E-state index is 0.0317. The van der Waals surface area contributed by atoms with Crippen LogP contribution in [-0.4, -0.2) is 24.4 Å². The number of hydrazine groups is 1. The summed E-state index contributed by atoms with van der Waals surface area (Å²) in [5.74, 6) is -1.20. The summed E-state index contributed by atoms with van der Waals surface area (Å²) in [4.78, 5) is 35.7. The summed E-state index contributed by atoms with van der Waals surface area (Å²) >= 11 is 0. The maximum absolute atomic E-state index is 12.3. The number of amides is 2. The monoisotopic (exact) mass is 380 g/mol. The van der Waals surface area contributed by atoms with Crippen molar-refractivity contribution in [2.24, 2.45) is 0 Å². The molecular weight excluding hydrogens is 364 g/mol. The van der Waals surface area contributed by atoms with E-state index in [0.717, 1.165) is 0 Å². The molecule has 0 unspecified atom stereocenters. The molecule has 28 heavy (non-hydrogen) atoms. The molecule has 0 saturated heterocycles. The van der Waals surface area contributed by atoms with Gasteiger partial charge in [-0.15, -0.1) is 0 Å². The van der Waals surface area contributed by atoms with Crippen molar-refractivity contribution < 1.29 is 28.3 Å². The van der Waals surface area contributed by atoms with Crippen LogP contribution in [0.25, 0.3) is 0 Å². The van der Waals surface area contributed by atoms with Crippen molar-refractivity contribution in [3.05, 3.63) is 84.3 Å². The Morgan fingerprint density at radius 2 is 1.61 bits per heavy atom. The zero-order chi connectivity index (χ0) is 19.8. The number of para-hydroxylation sites is 2. The van der Waals surface area contributed by atoms with Crippen LogP contribution in [0.4, 0.5) is 0 Å². The van der Waals surface area contributed by atoms with E-state index >= 15 is 0 Å². The molecule has 0 aliphatic rings. The van der Waals surface area contributed by atoms with Crippen molar-refractivity contribution in [2.75, 3.05) is 6.61 Å². The first-order valence-corrected chi connectivity index (χ1v) is 8.25. The topological polar surface area (TPSA) is 107 Å². The minimum Gasteiger partial charge on any atom is -0.459 e. The standard InChI is InChI=1S/C20H16N2O6/c23-18(21-22-19(24)17-11-6-12-26-17)13-27-20(25)15-9-4-5-10-16(15)28-14-7-2-1-3-8-14/h1-12H,13H2,(H,21,23)(H,22,24). The summed E-state index contributed by atoms with van der Waals surface area (Å²) < 4.78 is 15.6. The number of rotatable bonds is 6. The van der Waals surface area contributed by atoms with E-state index in [4.69, 9.17) is 13.9 Å². The van der Waals surface area contributed by atoms with Crippen LogP contribution in [-0.2, 0) is 9.53 Å². The van der Waals surface area contributed by atoms with Crippen molar-refractivity contribution in [1.29, 1.82) is 0 Å². The van der Waals surface area contributed by atoms with Gasteiger partial charge in [-0.3, -0.25) is 20.4 Å². The molecule has 0 aliphatic heterocycles. The molecule has 8 heteroatoms. The highest BCUT2D eigenvalue weighted by Gasteiger charge is 2.16. The van der Waals surface area contributed by atoms with Gasteiger partial charge in [-0.1, -0.05) is 30.3 Å². The molecule has 142 valence electrons. The zero-order valence-corrected chi connectivity index (χ0v) is 14.6. The maximum Gasteiger partial charge on any atom is 0.342 e. The molecule has 2 aromatic carbocycles. The van der Waals surface area contributed by atoms with E-state index in [9.17, 15) is 14.4 Å². The molecule has 0 fully saturated rings. The van der Waals surface area contributed by atoms with Gasteiger partial charge in [0.25, 0.3) is 5.91 Å². The molecule has 3 aromatic rings. The fourth-order valence-electron chi connectivity index (χ4n) is 2.18. The van der Waals surface area contributed by atoms with E-state index < -0.39 is 24.4 Å². The van der Waals surface area contributed by atoms with Crippen LogP contribution in [0.2, 0.25) is 0 Å². The van der Waals surface area contributed by atoms with Crippen molar-refractivity contribution in [3.63, 3.8) is 0 Å². The maximum atomic E-state index is 12.3. The highest BCUT2D eigenvalue weighted by Crippen LogP contribution is 2.25. The van der Waals surface area contributed by atoms with Crippen LogP contribution in [0.1, 0.15) is 20.9 Å². The van der Waals surface area contributed by atoms with Crippen LogP contribution < -0.4 is 15.6 Å². The Morgan fingerprint density at radius 3 is 2.36 bits per heavy atom. The van der Waals surface area contributed by atoms with Gasteiger partial charge in [0.2, 0.25) is 0 Å². The molecule has 1 heterocycles. The van der Waals surface area contributed by atoms with Gasteiger partial charge in [-0.05, 0) is 36.4 Å². The number of nitrogens with one attached hydrogen (secondary N) is 2. The van der Waals surface area contributed by atoms with Crippen LogP contribution >= 0.6 is 0 Å². The Bertz CT molecular complexity index is 954. The number of esters is 1. The number of hydrogen-bond acceptors (Lipinski definition) is 6. The number of carbonyl (C=O) groups excluding carboxylic acids is 3. The van der Waals surface area contributed by atoms with Crippen LogP contribution in [0.3, 0.4) is 0 Å². The Hall–Kier alpha value is -4.07. The van der Waals surface area contributed by atoms with E-state index in [-0.39, 0.29) is 11.3 Å². The Labute approximate surface area is 160 Å². The first-order chi connectivity index (χ1) is 13.6. The second-order valence-corrected chi connectivity index (χ2v) is 5.47. The average molecular weight is 380 g/mol. The minimum atomic E-state index is -0.737. The van der Waals surface area contributed by atoms with E-state index in [1.54, 1.807) is 42.5 Å². The molecule has 1 aromatic heterocycles. The number of hydrogen-bond donors (Lipinski definition) is 2. The van der Waals surface area contributed by atoms with Crippen LogP contribution in [0.15, 0.2) is 77.4 Å². The lowest BCUT2D eigenvalue weighted by Crippen LogP contribution is -2.43. The highest BCUT2D eigenvalue weighted by atomic mass is 16.5. The third kappa shape index (κ3) is 4.98. The molecule has 2 amide bonds. The lowest BCUT2D eigenvalue weighted by molar-refractivity contribution is -0.125. The zero-order valence-electron chi connectivity index (χ0n) is 14.6. The molecule has 0 aliphatic carbocycles. The van der Waals surface area contributed by atoms with Gasteiger partial charge in [0.15, 0.2) is 12.4 Å². The van der Waals surface area contributed by atoms with Crippen LogP contribution in [0.5, 0.6) is 11.5 Å². The molecule has 0 radical (unpaired) electrons. The third-order valence-electron chi connectivity index (χ3n) is 3.47. The molecule has 0 atom stereocenters. The van der Waals surface area contributed by atoms with E-state index in [0.29, 0.717) is 11.5 Å². The summed E-state index contributed by atoms with van der Waals surface area (Å²) in [6.07, 6.45) is 1.33. The molecule has 0 bridgehead atoms. The Morgan fingerprint density at radius 1 is 0.857 bits per heavy atom. The number of carbonyl (C=O) groups is 3. The summed E-state index contributed by atoms with van der Waals surface area (Å²) in [5.41, 5.74) is 4.43. The van der Waals surface area contributed by atoms with Crippen molar-refractivity contribution in [3.8, 4) is 11.5 Å². The second kappa shape index (κ2) is 9.04. The third-order valence-corrected chi connectivity index (χ3v) is 3.47. The van der Waals surface area contributed by atoms with E-state index in [1.807, 2.05) is 6.07 Å². The molecular formula is C20H16N2O6. The normalized spacial score (nSPS) is 10.0. The van der Waals surface area contributed by atoms with Crippen molar-refractivity contribution in [1.82, 2.24) is 10.9 Å². The molecule has 0 spiro atoms. The van der Waals surface area contributed by atoms with Gasteiger partial charge in [0, 0.05) is 0 Å². The van der Waals surface area contributed by atoms with Crippen molar-refractivity contribution in [2.45, 2.75) is 0 Å². The summed E-state index contributed by atoms with van der Waals surface area (Å²) in [7, 11) is 0. The van der Waals surface area contributed by atoms with Crippen LogP contribution in [0, 0.1) is 0 Å². The fraction of sp³-hybridized carbons (Fsp3) is 0.0500. The predicted molar refractivity (Wildman–Crippen MR) is 97.6 cm³/mol. The SMILES string of the molecule is O=C(COC(=O)c1ccccc1Oc1ccccc1)NNC(=O)c1ccco1. The summed E-state index contributed by atoms with van der Waals surface area (Å²) in [6, 6.07) is 18.4. The van der Waals surface area contributed by atoms with Gasteiger partial charge in [-0.2, -0.15) is 0 Å². The second-order valence-electron chi connectivity index (χ2n) is 5.47. The van der Waals surface area contributed by atoms with Gasteiger partial charge in [-0.25, -0.2) is 4.79 Å². The fourth-order valence-corrected chi connectivity index (χ4v) is 2.18. The lowest BCUT2D eigenvalue weighted by atomic mass is 10.2. The van der Waals surface area contributed by atoms with Crippen molar-refractivity contribution >= 4 is 17.8 Å². The largest absolute Gasteiger partial charge is 0.459 e. The quantitative estimate of drug-likeness (QED) is 0.503. The van der Waals surface area contributed by atoms with Gasteiger partial charge >= 0.3 is 11.9 Å². The molecule has 2 N–H and O–H groups in total. The summed E-state index contributed by atoms with van der Waals surface area (Å²) in [6.45, 7) is -0.586. The van der Waals surface area contributed by atoms with Gasteiger partial charge < -0.3 is 13.9 Å². The number of ether oxygens (including phenoxy) is 2. The smallest absolute Gasteiger partial charge is 0.342 e. The van der Waals surface area contributed by atoms with Gasteiger partial charge in [0.05, 0.1) is 6.26 Å². The summed E-state index contributed by atoms with van der Waals surface area (Å²) in [5, 5.41) is 0. The Kier molecular flexibility index (Phi) is 6.04. The van der Waals surface area contributed by atoms with E-state index in [1.165, 1.54) is 24.5 Å². The molecule has 0 saturated carbocycles. The number of furan rings is 1. The predicted octanol–water partition coefficient (Wildman–Crippen LogP) is 2.69. The molecule has 8 nitrogen and oxygen atoms in total. The highest BCUT2D eigenvalue weighted by molar-refractivity contribution is 5.95.